The number of likely N-dealkylation sites (N-methyl/N-ethyl adjacent to an activating group) is 1. The number of carboxylic acids is 1. The van der Waals surface area contributed by atoms with E-state index < -0.39 is 12.0 Å². The summed E-state index contributed by atoms with van der Waals surface area (Å²) in [6.45, 7) is 3.89. The number of aliphatic carboxylic acids is 1. The third-order valence-corrected chi connectivity index (χ3v) is 3.72. The van der Waals surface area contributed by atoms with Crippen LogP contribution in [-0.4, -0.2) is 92.1 Å². The number of hydrogen-bond acceptors (Lipinski definition) is 5. The van der Waals surface area contributed by atoms with Crippen molar-refractivity contribution in [2.75, 3.05) is 53.0 Å². The van der Waals surface area contributed by atoms with E-state index >= 15 is 0 Å². The molecule has 0 saturated carbocycles. The fourth-order valence-electron chi connectivity index (χ4n) is 2.59. The molecule has 2 saturated heterocycles. The number of nitrogens with zero attached hydrogens (tertiary/aromatic N) is 2. The number of morpholine rings is 2. The van der Waals surface area contributed by atoms with Gasteiger partial charge in [-0.15, -0.1) is 0 Å². The Morgan fingerprint density at radius 1 is 1.33 bits per heavy atom. The molecule has 0 radical (unpaired) electrons. The van der Waals surface area contributed by atoms with Crippen LogP contribution in [0.15, 0.2) is 0 Å². The van der Waals surface area contributed by atoms with E-state index in [4.69, 9.17) is 14.6 Å². The van der Waals surface area contributed by atoms with Gasteiger partial charge >= 0.3 is 12.0 Å². The van der Waals surface area contributed by atoms with Crippen LogP contribution in [0.5, 0.6) is 0 Å². The van der Waals surface area contributed by atoms with E-state index in [0.29, 0.717) is 26.3 Å². The Bertz CT molecular complexity index is 379. The van der Waals surface area contributed by atoms with Gasteiger partial charge in [-0.05, 0) is 7.05 Å². The maximum absolute atomic E-state index is 12.2. The van der Waals surface area contributed by atoms with Gasteiger partial charge in [-0.1, -0.05) is 0 Å². The van der Waals surface area contributed by atoms with E-state index in [0.717, 1.165) is 13.1 Å². The molecule has 2 aliphatic rings. The van der Waals surface area contributed by atoms with Crippen molar-refractivity contribution in [3.8, 4) is 0 Å². The van der Waals surface area contributed by atoms with Crippen molar-refractivity contribution in [1.29, 1.82) is 0 Å². The van der Waals surface area contributed by atoms with Gasteiger partial charge in [0.15, 0.2) is 0 Å². The lowest BCUT2D eigenvalue weighted by Crippen LogP contribution is -2.55. The Hall–Kier alpha value is -1.38. The van der Waals surface area contributed by atoms with Crippen molar-refractivity contribution in [2.24, 2.45) is 0 Å². The van der Waals surface area contributed by atoms with Crippen LogP contribution in [0.1, 0.15) is 6.42 Å². The third kappa shape index (κ3) is 4.83. The number of urea groups is 1. The predicted molar refractivity (Wildman–Crippen MR) is 74.2 cm³/mol. The first-order chi connectivity index (χ1) is 10.1. The summed E-state index contributed by atoms with van der Waals surface area (Å²) in [5.74, 6) is -0.930. The molecular formula is C13H23N3O5. The normalized spacial score (nSPS) is 27.4. The highest BCUT2D eigenvalue weighted by molar-refractivity contribution is 5.76. The maximum atomic E-state index is 12.2. The molecule has 2 atom stereocenters. The van der Waals surface area contributed by atoms with Gasteiger partial charge in [-0.2, -0.15) is 0 Å². The molecule has 0 spiro atoms. The zero-order valence-corrected chi connectivity index (χ0v) is 12.3. The van der Waals surface area contributed by atoms with Crippen LogP contribution in [0, 0.1) is 0 Å². The second kappa shape index (κ2) is 7.58. The molecule has 120 valence electrons. The van der Waals surface area contributed by atoms with Gasteiger partial charge in [0.2, 0.25) is 0 Å². The molecule has 0 bridgehead atoms. The van der Waals surface area contributed by atoms with Crippen molar-refractivity contribution >= 4 is 12.0 Å². The van der Waals surface area contributed by atoms with Crippen LogP contribution >= 0.6 is 0 Å². The number of rotatable bonds is 4. The number of hydrogen-bond donors (Lipinski definition) is 2. The molecule has 8 nitrogen and oxygen atoms in total. The molecule has 2 unspecified atom stereocenters. The van der Waals surface area contributed by atoms with Crippen LogP contribution in [0.25, 0.3) is 0 Å². The number of carbonyl (C=O) groups excluding carboxylic acids is 1. The molecule has 0 aromatic heterocycles. The Balaban J connectivity index is 1.81. The standard InChI is InChI=1S/C13H23N3O5/c1-15-2-5-21-11(8-15)7-14-13(19)16-3-4-20-9-10(16)6-12(17)18/h10-11H,2-9H2,1H3,(H,14,19)(H,17,18). The summed E-state index contributed by atoms with van der Waals surface area (Å²) in [6, 6.07) is -0.660. The van der Waals surface area contributed by atoms with Crippen molar-refractivity contribution in [3.63, 3.8) is 0 Å². The van der Waals surface area contributed by atoms with Gasteiger partial charge in [0.1, 0.15) is 0 Å². The van der Waals surface area contributed by atoms with Crippen molar-refractivity contribution < 1.29 is 24.2 Å². The maximum Gasteiger partial charge on any atom is 0.317 e. The minimum absolute atomic E-state index is 0.0216. The first-order valence-corrected chi connectivity index (χ1v) is 7.20. The average molecular weight is 301 g/mol. The highest BCUT2D eigenvalue weighted by Gasteiger charge is 2.29. The molecule has 8 heteroatoms. The quantitative estimate of drug-likeness (QED) is 0.706. The minimum Gasteiger partial charge on any atom is -0.481 e. The topological polar surface area (TPSA) is 91.3 Å². The van der Waals surface area contributed by atoms with Crippen LogP contribution in [0.2, 0.25) is 0 Å². The predicted octanol–water partition coefficient (Wildman–Crippen LogP) is -0.798. The van der Waals surface area contributed by atoms with Gasteiger partial charge in [0.05, 0.1) is 38.4 Å². The molecule has 2 N–H and O–H groups in total. The largest absolute Gasteiger partial charge is 0.481 e. The van der Waals surface area contributed by atoms with Crippen molar-refractivity contribution in [1.82, 2.24) is 15.1 Å². The monoisotopic (exact) mass is 301 g/mol. The van der Waals surface area contributed by atoms with Crippen LogP contribution in [0.3, 0.4) is 0 Å². The number of carboxylic acid groups (broad SMARTS) is 1. The van der Waals surface area contributed by atoms with Crippen molar-refractivity contribution in [2.45, 2.75) is 18.6 Å². The summed E-state index contributed by atoms with van der Waals surface area (Å²) in [5, 5.41) is 11.7. The summed E-state index contributed by atoms with van der Waals surface area (Å²) in [5.41, 5.74) is 0. The summed E-state index contributed by atoms with van der Waals surface area (Å²) in [6.07, 6.45) is -0.123. The highest BCUT2D eigenvalue weighted by atomic mass is 16.5. The lowest BCUT2D eigenvalue weighted by molar-refractivity contribution is -0.139. The van der Waals surface area contributed by atoms with Crippen LogP contribution < -0.4 is 5.32 Å². The zero-order chi connectivity index (χ0) is 15.2. The zero-order valence-electron chi connectivity index (χ0n) is 12.3. The first kappa shape index (κ1) is 16.0. The number of amides is 2. The number of carbonyl (C=O) groups is 2. The van der Waals surface area contributed by atoms with Gasteiger partial charge in [0, 0.05) is 26.2 Å². The van der Waals surface area contributed by atoms with E-state index in [2.05, 4.69) is 10.2 Å². The summed E-state index contributed by atoms with van der Waals surface area (Å²) in [4.78, 5) is 26.7. The van der Waals surface area contributed by atoms with Gasteiger partial charge in [-0.3, -0.25) is 4.79 Å². The molecule has 2 aliphatic heterocycles. The molecule has 2 amide bonds. The Kier molecular flexibility index (Phi) is 5.77. The van der Waals surface area contributed by atoms with Crippen molar-refractivity contribution in [3.05, 3.63) is 0 Å². The lowest BCUT2D eigenvalue weighted by Gasteiger charge is -2.36. The molecule has 0 aromatic carbocycles. The molecule has 21 heavy (non-hydrogen) atoms. The molecule has 2 rings (SSSR count). The number of nitrogens with one attached hydrogen (secondary N) is 1. The second-order valence-corrected chi connectivity index (χ2v) is 5.46. The second-order valence-electron chi connectivity index (χ2n) is 5.46. The minimum atomic E-state index is -0.930. The molecule has 2 fully saturated rings. The van der Waals surface area contributed by atoms with E-state index in [1.54, 1.807) is 4.90 Å². The Morgan fingerprint density at radius 2 is 2.14 bits per heavy atom. The van der Waals surface area contributed by atoms with E-state index in [1.165, 1.54) is 0 Å². The van der Waals surface area contributed by atoms with Gasteiger partial charge in [-0.25, -0.2) is 4.79 Å². The Labute approximate surface area is 124 Å². The highest BCUT2D eigenvalue weighted by Crippen LogP contribution is 2.11. The van der Waals surface area contributed by atoms with Gasteiger partial charge < -0.3 is 29.7 Å². The summed E-state index contributed by atoms with van der Waals surface area (Å²) >= 11 is 0. The first-order valence-electron chi connectivity index (χ1n) is 7.20. The molecule has 2 heterocycles. The SMILES string of the molecule is CN1CCOC(CNC(=O)N2CCOCC2CC(=O)O)C1. The molecular weight excluding hydrogens is 278 g/mol. The van der Waals surface area contributed by atoms with Gasteiger partial charge in [0.25, 0.3) is 0 Å². The average Bonchev–Trinajstić information content (AvgIpc) is 2.45. The smallest absolute Gasteiger partial charge is 0.317 e. The lowest BCUT2D eigenvalue weighted by atomic mass is 10.1. The fraction of sp³-hybridized carbons (Fsp3) is 0.846. The van der Waals surface area contributed by atoms with E-state index in [-0.39, 0.29) is 25.2 Å². The summed E-state index contributed by atoms with van der Waals surface area (Å²) < 4.78 is 10.8. The third-order valence-electron chi connectivity index (χ3n) is 3.72. The van der Waals surface area contributed by atoms with Crippen LogP contribution in [0.4, 0.5) is 4.79 Å². The number of ether oxygens (including phenoxy) is 2. The van der Waals surface area contributed by atoms with E-state index in [1.807, 2.05) is 7.05 Å². The van der Waals surface area contributed by atoms with E-state index in [9.17, 15) is 9.59 Å². The Morgan fingerprint density at radius 3 is 2.86 bits per heavy atom. The molecule has 0 aliphatic carbocycles. The summed E-state index contributed by atoms with van der Waals surface area (Å²) in [7, 11) is 2.02. The molecule has 0 aromatic rings. The fourth-order valence-corrected chi connectivity index (χ4v) is 2.59. The van der Waals surface area contributed by atoms with Crippen LogP contribution in [-0.2, 0) is 14.3 Å².